The second-order valence-electron chi connectivity index (χ2n) is 10.8. The molecule has 3 heterocycles. The number of carbonyl (C=O) groups is 1. The maximum absolute atomic E-state index is 15.2. The van der Waals surface area contributed by atoms with Crippen molar-refractivity contribution in [1.82, 2.24) is 24.9 Å². The van der Waals surface area contributed by atoms with E-state index in [1.54, 1.807) is 31.5 Å². The van der Waals surface area contributed by atoms with Crippen LogP contribution in [0, 0.1) is 17.5 Å². The predicted molar refractivity (Wildman–Crippen MR) is 164 cm³/mol. The fraction of sp³-hybridized carbons (Fsp3) is 0.273. The molecule has 0 bridgehead atoms. The van der Waals surface area contributed by atoms with Gasteiger partial charge in [-0.2, -0.15) is 0 Å². The van der Waals surface area contributed by atoms with E-state index >= 15 is 4.39 Å². The first-order chi connectivity index (χ1) is 22.4. The quantitative estimate of drug-likeness (QED) is 0.164. The Morgan fingerprint density at radius 1 is 0.891 bits per heavy atom. The molecule has 0 atom stereocenters. The number of methoxy groups -OCH3 is 1. The van der Waals surface area contributed by atoms with Gasteiger partial charge in [-0.1, -0.05) is 11.6 Å². The Morgan fingerprint density at radius 2 is 1.74 bits per heavy atom. The van der Waals surface area contributed by atoms with E-state index < -0.39 is 23.4 Å². The van der Waals surface area contributed by atoms with Crippen LogP contribution in [-0.4, -0.2) is 64.1 Å². The van der Waals surface area contributed by atoms with Crippen molar-refractivity contribution in [2.75, 3.05) is 38.7 Å². The SMILES string of the molecule is COc1cc2c(Oc3ccc(NC(=O)c4cn(-c5ccc(F)c(F)c5)nn4)cc3F)ccnc2cc1OCCCN1CCCCC1. The lowest BCUT2D eigenvalue weighted by atomic mass is 10.1. The van der Waals surface area contributed by atoms with Gasteiger partial charge in [0.15, 0.2) is 40.4 Å². The number of pyridine rings is 1. The normalized spacial score (nSPS) is 13.5. The molecule has 0 saturated carbocycles. The van der Waals surface area contributed by atoms with E-state index in [0.717, 1.165) is 48.9 Å². The molecule has 1 aliphatic rings. The molecule has 2 aromatic heterocycles. The number of hydrogen-bond donors (Lipinski definition) is 1. The predicted octanol–water partition coefficient (Wildman–Crippen LogP) is 6.54. The van der Waals surface area contributed by atoms with Crippen molar-refractivity contribution in [2.24, 2.45) is 0 Å². The van der Waals surface area contributed by atoms with Crippen molar-refractivity contribution in [3.8, 4) is 28.7 Å². The van der Waals surface area contributed by atoms with E-state index in [1.165, 1.54) is 43.7 Å². The van der Waals surface area contributed by atoms with Crippen molar-refractivity contribution < 1.29 is 32.2 Å². The van der Waals surface area contributed by atoms with E-state index in [9.17, 15) is 13.6 Å². The molecule has 1 fully saturated rings. The third kappa shape index (κ3) is 7.04. The summed E-state index contributed by atoms with van der Waals surface area (Å²) in [5.74, 6) is -2.15. The molecule has 13 heteroatoms. The second kappa shape index (κ2) is 13.9. The van der Waals surface area contributed by atoms with Crippen LogP contribution in [0.3, 0.4) is 0 Å². The molecule has 1 aliphatic heterocycles. The molecule has 1 saturated heterocycles. The summed E-state index contributed by atoms with van der Waals surface area (Å²) in [5, 5.41) is 10.7. The van der Waals surface area contributed by atoms with Crippen LogP contribution in [0.5, 0.6) is 23.0 Å². The first kappa shape index (κ1) is 30.8. The fourth-order valence-electron chi connectivity index (χ4n) is 5.24. The van der Waals surface area contributed by atoms with Crippen LogP contribution < -0.4 is 19.5 Å². The van der Waals surface area contributed by atoms with Gasteiger partial charge in [-0.3, -0.25) is 9.78 Å². The number of fused-ring (bicyclic) bond motifs is 1. The van der Waals surface area contributed by atoms with Crippen molar-refractivity contribution in [2.45, 2.75) is 25.7 Å². The lowest BCUT2D eigenvalue weighted by Crippen LogP contribution is -2.31. The molecule has 0 radical (unpaired) electrons. The molecule has 46 heavy (non-hydrogen) atoms. The second-order valence-corrected chi connectivity index (χ2v) is 10.8. The van der Waals surface area contributed by atoms with E-state index in [4.69, 9.17) is 14.2 Å². The zero-order valence-electron chi connectivity index (χ0n) is 25.0. The van der Waals surface area contributed by atoms with Crippen LogP contribution >= 0.6 is 0 Å². The van der Waals surface area contributed by atoms with Crippen LogP contribution in [0.2, 0.25) is 0 Å². The third-order valence-electron chi connectivity index (χ3n) is 7.62. The summed E-state index contributed by atoms with van der Waals surface area (Å²) in [5.41, 5.74) is 0.782. The molecule has 238 valence electrons. The molecule has 0 spiro atoms. The highest BCUT2D eigenvalue weighted by atomic mass is 19.2. The molecule has 5 aromatic rings. The minimum atomic E-state index is -1.07. The molecular formula is C33H31F3N6O4. The minimum Gasteiger partial charge on any atom is -0.493 e. The van der Waals surface area contributed by atoms with Gasteiger partial charge < -0.3 is 24.4 Å². The summed E-state index contributed by atoms with van der Waals surface area (Å²) in [6, 6.07) is 12.2. The first-order valence-corrected chi connectivity index (χ1v) is 14.9. The van der Waals surface area contributed by atoms with E-state index in [1.807, 2.05) is 0 Å². The first-order valence-electron chi connectivity index (χ1n) is 14.9. The number of nitrogens with zero attached hydrogens (tertiary/aromatic N) is 5. The topological polar surface area (TPSA) is 104 Å². The van der Waals surface area contributed by atoms with Crippen LogP contribution in [0.4, 0.5) is 18.9 Å². The van der Waals surface area contributed by atoms with Crippen LogP contribution in [0.25, 0.3) is 16.6 Å². The number of aromatic nitrogens is 4. The molecule has 1 N–H and O–H groups in total. The Hall–Kier alpha value is -5.17. The summed E-state index contributed by atoms with van der Waals surface area (Å²) in [6.07, 6.45) is 7.49. The van der Waals surface area contributed by atoms with Crippen molar-refractivity contribution in [1.29, 1.82) is 0 Å². The molecule has 0 aliphatic carbocycles. The van der Waals surface area contributed by atoms with Crippen LogP contribution in [0.1, 0.15) is 36.2 Å². The number of amides is 1. The fourth-order valence-corrected chi connectivity index (χ4v) is 5.24. The summed E-state index contributed by atoms with van der Waals surface area (Å²) < 4.78 is 60.7. The van der Waals surface area contributed by atoms with Gasteiger partial charge in [-0.25, -0.2) is 17.9 Å². The molecule has 3 aromatic carbocycles. The summed E-state index contributed by atoms with van der Waals surface area (Å²) in [4.78, 5) is 19.6. The number of halogens is 3. The number of piperidine rings is 1. The number of hydrogen-bond acceptors (Lipinski definition) is 8. The number of nitrogens with one attached hydrogen (secondary N) is 1. The Balaban J connectivity index is 1.11. The van der Waals surface area contributed by atoms with E-state index in [0.29, 0.717) is 34.8 Å². The Bertz CT molecular complexity index is 1860. The molecule has 0 unspecified atom stereocenters. The number of benzene rings is 3. The average molecular weight is 633 g/mol. The molecule has 6 rings (SSSR count). The highest BCUT2D eigenvalue weighted by Crippen LogP contribution is 2.38. The molecular weight excluding hydrogens is 601 g/mol. The number of anilines is 1. The van der Waals surface area contributed by atoms with Gasteiger partial charge in [-0.05, 0) is 68.8 Å². The number of likely N-dealkylation sites (tertiary alicyclic amines) is 1. The van der Waals surface area contributed by atoms with Gasteiger partial charge in [0.05, 0.1) is 31.1 Å². The highest BCUT2D eigenvalue weighted by molar-refractivity contribution is 6.02. The van der Waals surface area contributed by atoms with Gasteiger partial charge in [0, 0.05) is 42.0 Å². The smallest absolute Gasteiger partial charge is 0.277 e. The standard InChI is InChI=1S/C33H31F3N6O4/c1-44-31-18-23-27(19-32(31)45-15-5-14-41-12-3-2-4-13-41)37-11-10-29(23)46-30-9-6-21(16-26(30)36)38-33(43)28-20-42(40-39-28)22-7-8-24(34)25(35)17-22/h6-11,16-20H,2-5,12-15H2,1H3,(H,38,43). The zero-order valence-corrected chi connectivity index (χ0v) is 25.0. The zero-order chi connectivity index (χ0) is 32.0. The van der Waals surface area contributed by atoms with Gasteiger partial charge >= 0.3 is 0 Å². The van der Waals surface area contributed by atoms with E-state index in [2.05, 4.69) is 25.5 Å². The van der Waals surface area contributed by atoms with Gasteiger partial charge in [0.2, 0.25) is 0 Å². The van der Waals surface area contributed by atoms with Crippen LogP contribution in [-0.2, 0) is 0 Å². The summed E-state index contributed by atoms with van der Waals surface area (Å²) >= 11 is 0. The number of ether oxygens (including phenoxy) is 3. The van der Waals surface area contributed by atoms with Crippen molar-refractivity contribution in [3.63, 3.8) is 0 Å². The third-order valence-corrected chi connectivity index (χ3v) is 7.62. The molecule has 10 nitrogen and oxygen atoms in total. The maximum atomic E-state index is 15.2. The number of rotatable bonds is 11. The van der Waals surface area contributed by atoms with Gasteiger partial charge in [0.25, 0.3) is 5.91 Å². The Morgan fingerprint density at radius 3 is 2.52 bits per heavy atom. The summed E-state index contributed by atoms with van der Waals surface area (Å²) in [6.45, 7) is 3.80. The Kier molecular flexibility index (Phi) is 9.29. The highest BCUT2D eigenvalue weighted by Gasteiger charge is 2.17. The van der Waals surface area contributed by atoms with Gasteiger partial charge in [-0.15, -0.1) is 5.10 Å². The largest absolute Gasteiger partial charge is 0.493 e. The van der Waals surface area contributed by atoms with Crippen LogP contribution in [0.15, 0.2) is 67.0 Å². The monoisotopic (exact) mass is 632 g/mol. The molecule has 1 amide bonds. The minimum absolute atomic E-state index is 0.0770. The van der Waals surface area contributed by atoms with Gasteiger partial charge in [0.1, 0.15) is 5.75 Å². The van der Waals surface area contributed by atoms with E-state index in [-0.39, 0.29) is 22.8 Å². The maximum Gasteiger partial charge on any atom is 0.277 e. The van der Waals surface area contributed by atoms with Crippen molar-refractivity contribution in [3.05, 3.63) is 90.1 Å². The lowest BCUT2D eigenvalue weighted by Gasteiger charge is -2.26. The Labute approximate surface area is 262 Å². The summed E-state index contributed by atoms with van der Waals surface area (Å²) in [7, 11) is 1.55. The average Bonchev–Trinajstić information content (AvgIpc) is 3.57. The number of carbonyl (C=O) groups excluding carboxylic acids is 1. The van der Waals surface area contributed by atoms with Crippen molar-refractivity contribution >= 4 is 22.5 Å². The lowest BCUT2D eigenvalue weighted by molar-refractivity contribution is 0.102.